The standard InChI is InChI=1S/C15H31N3OS2/c1-7-16-13(17-8-11-21(19)14(2,3)4)18-9-10-20-15(5,6)12-18/h7-12H2,1-6H3,(H,16,17). The topological polar surface area (TPSA) is 44.7 Å². The van der Waals surface area contributed by atoms with E-state index in [1.807, 2.05) is 32.5 Å². The fraction of sp³-hybridized carbons (Fsp3) is 0.933. The lowest BCUT2D eigenvalue weighted by atomic mass is 10.2. The molecule has 124 valence electrons. The van der Waals surface area contributed by atoms with E-state index in [1.165, 1.54) is 0 Å². The summed E-state index contributed by atoms with van der Waals surface area (Å²) in [6.45, 7) is 16.2. The number of nitrogens with zero attached hydrogens (tertiary/aromatic N) is 2. The first kappa shape index (κ1) is 18.8. The van der Waals surface area contributed by atoms with Crippen LogP contribution >= 0.6 is 11.8 Å². The van der Waals surface area contributed by atoms with E-state index in [0.717, 1.165) is 31.3 Å². The minimum Gasteiger partial charge on any atom is -0.357 e. The maximum atomic E-state index is 12.1. The van der Waals surface area contributed by atoms with Crippen molar-refractivity contribution in [2.45, 2.75) is 51.0 Å². The van der Waals surface area contributed by atoms with Gasteiger partial charge in [0.2, 0.25) is 0 Å². The van der Waals surface area contributed by atoms with Gasteiger partial charge in [0.25, 0.3) is 0 Å². The SMILES string of the molecule is CCNC(=NCCS(=O)C(C)(C)C)N1CCSC(C)(C)C1. The van der Waals surface area contributed by atoms with Crippen LogP contribution in [-0.2, 0) is 10.8 Å². The Morgan fingerprint density at radius 1 is 1.43 bits per heavy atom. The van der Waals surface area contributed by atoms with Crippen LogP contribution in [0.1, 0.15) is 41.5 Å². The second-order valence-corrected chi connectivity index (χ2v) is 11.1. The molecule has 0 aromatic rings. The highest BCUT2D eigenvalue weighted by Gasteiger charge is 2.28. The lowest BCUT2D eigenvalue weighted by Gasteiger charge is -2.39. The van der Waals surface area contributed by atoms with Gasteiger partial charge in [-0.25, -0.2) is 0 Å². The van der Waals surface area contributed by atoms with Crippen molar-refractivity contribution in [2.75, 3.05) is 37.7 Å². The van der Waals surface area contributed by atoms with Crippen molar-refractivity contribution in [2.24, 2.45) is 4.99 Å². The van der Waals surface area contributed by atoms with Gasteiger partial charge in [-0.3, -0.25) is 9.20 Å². The number of thioether (sulfide) groups is 1. The molecule has 0 bridgehead atoms. The third-order valence-corrected chi connectivity index (χ3v) is 6.50. The monoisotopic (exact) mass is 333 g/mol. The van der Waals surface area contributed by atoms with Crippen molar-refractivity contribution in [1.82, 2.24) is 10.2 Å². The molecule has 4 nitrogen and oxygen atoms in total. The van der Waals surface area contributed by atoms with E-state index < -0.39 is 10.8 Å². The van der Waals surface area contributed by atoms with Gasteiger partial charge in [-0.1, -0.05) is 0 Å². The number of aliphatic imine (C=N–C) groups is 1. The Hall–Kier alpha value is -0.230. The molecular weight excluding hydrogens is 302 g/mol. The second kappa shape index (κ2) is 7.86. The highest BCUT2D eigenvalue weighted by molar-refractivity contribution is 8.00. The Labute approximate surface area is 137 Å². The van der Waals surface area contributed by atoms with Crippen LogP contribution < -0.4 is 5.32 Å². The van der Waals surface area contributed by atoms with Crippen molar-refractivity contribution in [1.29, 1.82) is 0 Å². The molecule has 0 amide bonds. The van der Waals surface area contributed by atoms with E-state index in [2.05, 4.69) is 36.0 Å². The molecule has 0 saturated carbocycles. The molecular formula is C15H31N3OS2. The van der Waals surface area contributed by atoms with Crippen LogP contribution in [0.5, 0.6) is 0 Å². The Bertz CT molecular complexity index is 389. The summed E-state index contributed by atoms with van der Waals surface area (Å²) in [5, 5.41) is 3.37. The minimum atomic E-state index is -0.835. The molecule has 1 aliphatic rings. The van der Waals surface area contributed by atoms with Gasteiger partial charge in [0.05, 0.1) is 6.54 Å². The summed E-state index contributed by atoms with van der Waals surface area (Å²) in [5.74, 6) is 2.73. The van der Waals surface area contributed by atoms with E-state index in [9.17, 15) is 4.21 Å². The highest BCUT2D eigenvalue weighted by Crippen LogP contribution is 2.29. The summed E-state index contributed by atoms with van der Waals surface area (Å²) in [5.41, 5.74) is 0. The average molecular weight is 334 g/mol. The van der Waals surface area contributed by atoms with E-state index in [-0.39, 0.29) is 9.49 Å². The molecule has 0 aromatic heterocycles. The third-order valence-electron chi connectivity index (χ3n) is 3.28. The van der Waals surface area contributed by atoms with Crippen molar-refractivity contribution >= 4 is 28.5 Å². The number of hydrogen-bond donors (Lipinski definition) is 1. The molecule has 1 fully saturated rings. The number of hydrogen-bond acceptors (Lipinski definition) is 3. The van der Waals surface area contributed by atoms with Gasteiger partial charge in [-0.2, -0.15) is 11.8 Å². The predicted molar refractivity (Wildman–Crippen MR) is 96.9 cm³/mol. The van der Waals surface area contributed by atoms with E-state index in [0.29, 0.717) is 12.3 Å². The van der Waals surface area contributed by atoms with Crippen LogP contribution in [0.25, 0.3) is 0 Å². The first-order valence-electron chi connectivity index (χ1n) is 7.71. The zero-order valence-corrected chi connectivity index (χ0v) is 16.0. The Morgan fingerprint density at radius 3 is 2.62 bits per heavy atom. The predicted octanol–water partition coefficient (Wildman–Crippen LogP) is 2.33. The van der Waals surface area contributed by atoms with Crippen LogP contribution in [0.3, 0.4) is 0 Å². The summed E-state index contributed by atoms with van der Waals surface area (Å²) in [6, 6.07) is 0. The van der Waals surface area contributed by atoms with Crippen molar-refractivity contribution in [3.8, 4) is 0 Å². The average Bonchev–Trinajstić information content (AvgIpc) is 2.35. The van der Waals surface area contributed by atoms with Gasteiger partial charge >= 0.3 is 0 Å². The zero-order chi connectivity index (χ0) is 16.1. The molecule has 1 saturated heterocycles. The molecule has 1 heterocycles. The third kappa shape index (κ3) is 6.59. The molecule has 6 heteroatoms. The molecule has 1 rings (SSSR count). The van der Waals surface area contributed by atoms with Gasteiger partial charge in [0.15, 0.2) is 5.96 Å². The molecule has 21 heavy (non-hydrogen) atoms. The number of guanidine groups is 1. The van der Waals surface area contributed by atoms with E-state index >= 15 is 0 Å². The van der Waals surface area contributed by atoms with E-state index in [4.69, 9.17) is 0 Å². The highest BCUT2D eigenvalue weighted by atomic mass is 32.2. The normalized spacial score (nSPS) is 21.2. The summed E-state index contributed by atoms with van der Waals surface area (Å²) < 4.78 is 12.2. The minimum absolute atomic E-state index is 0.155. The van der Waals surface area contributed by atoms with Crippen LogP contribution in [0.4, 0.5) is 0 Å². The molecule has 1 aliphatic heterocycles. The summed E-state index contributed by atoms with van der Waals surface area (Å²) in [7, 11) is -0.835. The Morgan fingerprint density at radius 2 is 2.10 bits per heavy atom. The largest absolute Gasteiger partial charge is 0.357 e. The van der Waals surface area contributed by atoms with Crippen LogP contribution in [0, 0.1) is 0 Å². The van der Waals surface area contributed by atoms with Gasteiger partial charge in [0.1, 0.15) is 0 Å². The van der Waals surface area contributed by atoms with Gasteiger partial charge in [-0.15, -0.1) is 0 Å². The zero-order valence-electron chi connectivity index (χ0n) is 14.4. The maximum absolute atomic E-state index is 12.1. The van der Waals surface area contributed by atoms with Gasteiger partial charge < -0.3 is 10.2 Å². The van der Waals surface area contributed by atoms with E-state index in [1.54, 1.807) is 0 Å². The number of rotatable bonds is 4. The molecule has 0 aliphatic carbocycles. The van der Waals surface area contributed by atoms with Crippen molar-refractivity contribution in [3.63, 3.8) is 0 Å². The summed E-state index contributed by atoms with van der Waals surface area (Å²) in [4.78, 5) is 7.02. The smallest absolute Gasteiger partial charge is 0.194 e. The molecule has 1 atom stereocenters. The van der Waals surface area contributed by atoms with Crippen molar-refractivity contribution < 1.29 is 4.21 Å². The lowest BCUT2D eigenvalue weighted by molar-refractivity contribution is 0.376. The van der Waals surface area contributed by atoms with Gasteiger partial charge in [-0.05, 0) is 41.5 Å². The second-order valence-electron chi connectivity index (χ2n) is 6.93. The lowest BCUT2D eigenvalue weighted by Crippen LogP contribution is -2.51. The quantitative estimate of drug-likeness (QED) is 0.633. The Balaban J connectivity index is 2.64. The first-order chi connectivity index (χ1) is 9.65. The molecule has 0 spiro atoms. The maximum Gasteiger partial charge on any atom is 0.194 e. The number of nitrogens with one attached hydrogen (secondary N) is 1. The van der Waals surface area contributed by atoms with Crippen LogP contribution in [0.15, 0.2) is 4.99 Å². The molecule has 0 radical (unpaired) electrons. The summed E-state index contributed by atoms with van der Waals surface area (Å²) in [6.07, 6.45) is 0. The van der Waals surface area contributed by atoms with Gasteiger partial charge in [0, 0.05) is 51.4 Å². The Kier molecular flexibility index (Phi) is 7.04. The summed E-state index contributed by atoms with van der Waals surface area (Å²) >= 11 is 2.02. The van der Waals surface area contributed by atoms with Crippen LogP contribution in [0.2, 0.25) is 0 Å². The van der Waals surface area contributed by atoms with Crippen LogP contribution in [-0.4, -0.2) is 62.2 Å². The molecule has 0 aromatic carbocycles. The molecule has 1 unspecified atom stereocenters. The first-order valence-corrected chi connectivity index (χ1v) is 10.0. The fourth-order valence-electron chi connectivity index (χ4n) is 2.16. The molecule has 1 N–H and O–H groups in total. The fourth-order valence-corrected chi connectivity index (χ4v) is 4.14. The van der Waals surface area contributed by atoms with Crippen molar-refractivity contribution in [3.05, 3.63) is 0 Å².